The Hall–Kier alpha value is -0.910. The summed E-state index contributed by atoms with van der Waals surface area (Å²) in [4.78, 5) is 6.84. The summed E-state index contributed by atoms with van der Waals surface area (Å²) in [6.45, 7) is 3.74. The number of alkyl halides is 3. The third kappa shape index (κ3) is 3.59. The molecule has 0 bridgehead atoms. The van der Waals surface area contributed by atoms with Gasteiger partial charge in [0, 0.05) is 17.7 Å². The van der Waals surface area contributed by atoms with E-state index < -0.39 is 12.6 Å². The first-order valence-electron chi connectivity index (χ1n) is 4.99. The minimum atomic E-state index is -4.16. The molecule has 0 aliphatic heterocycles. The van der Waals surface area contributed by atoms with E-state index in [1.807, 2.05) is 13.8 Å². The molecule has 90 valence electrons. The van der Waals surface area contributed by atoms with Crippen LogP contribution in [0, 0.1) is 11.6 Å². The molecule has 0 aliphatic rings. The molecule has 1 rings (SSSR count). The molecule has 1 N–H and O–H groups in total. The number of nitrogens with zero attached hydrogens (tertiary/aromatic N) is 1. The van der Waals surface area contributed by atoms with Crippen LogP contribution in [0.2, 0.25) is 0 Å². The van der Waals surface area contributed by atoms with E-state index >= 15 is 0 Å². The van der Waals surface area contributed by atoms with Gasteiger partial charge in [-0.2, -0.15) is 13.2 Å². The van der Waals surface area contributed by atoms with Crippen LogP contribution in [0.1, 0.15) is 30.4 Å². The van der Waals surface area contributed by atoms with Gasteiger partial charge in [-0.05, 0) is 13.3 Å². The predicted octanol–water partition coefficient (Wildman–Crippen LogP) is 3.50. The van der Waals surface area contributed by atoms with Crippen LogP contribution in [0.4, 0.5) is 13.2 Å². The van der Waals surface area contributed by atoms with Crippen LogP contribution < -0.4 is 0 Å². The summed E-state index contributed by atoms with van der Waals surface area (Å²) in [7, 11) is 0. The zero-order valence-corrected chi connectivity index (χ0v) is 9.93. The normalized spacial score (nSPS) is 11.8. The third-order valence-electron chi connectivity index (χ3n) is 2.30. The average Bonchev–Trinajstić information content (AvgIpc) is 2.18. The largest absolute Gasteiger partial charge is 0.389 e. The van der Waals surface area contributed by atoms with E-state index in [1.54, 1.807) is 0 Å². The lowest BCUT2D eigenvalue weighted by Crippen LogP contribution is -2.11. The zero-order valence-electron chi connectivity index (χ0n) is 9.11. The number of rotatable bonds is 3. The van der Waals surface area contributed by atoms with Crippen molar-refractivity contribution in [2.24, 2.45) is 0 Å². The summed E-state index contributed by atoms with van der Waals surface area (Å²) in [6.07, 6.45) is -4.48. The van der Waals surface area contributed by atoms with Crippen molar-refractivity contribution in [2.75, 3.05) is 0 Å². The van der Waals surface area contributed by atoms with Crippen molar-refractivity contribution in [3.05, 3.63) is 21.7 Å². The predicted molar refractivity (Wildman–Crippen MR) is 57.9 cm³/mol. The summed E-state index contributed by atoms with van der Waals surface area (Å²) in [5, 5.41) is 0. The van der Waals surface area contributed by atoms with Crippen LogP contribution in [0.25, 0.3) is 0 Å². The van der Waals surface area contributed by atoms with Crippen molar-refractivity contribution in [2.45, 2.75) is 39.3 Å². The molecule has 0 spiro atoms. The summed E-state index contributed by atoms with van der Waals surface area (Å²) in [6, 6.07) is 0. The molecule has 1 aromatic heterocycles. The lowest BCUT2D eigenvalue weighted by atomic mass is 10.2. The van der Waals surface area contributed by atoms with Crippen molar-refractivity contribution >= 4 is 12.2 Å². The van der Waals surface area contributed by atoms with Crippen molar-refractivity contribution < 1.29 is 13.2 Å². The van der Waals surface area contributed by atoms with Gasteiger partial charge in [-0.25, -0.2) is 4.98 Å². The van der Waals surface area contributed by atoms with Crippen LogP contribution in [-0.2, 0) is 12.8 Å². The van der Waals surface area contributed by atoms with Crippen LogP contribution in [-0.4, -0.2) is 16.1 Å². The smallest absolute Gasteiger partial charge is 0.347 e. The molecule has 1 heterocycles. The molecule has 0 radical (unpaired) electrons. The summed E-state index contributed by atoms with van der Waals surface area (Å²) >= 11 is 4.99. The highest BCUT2D eigenvalue weighted by Gasteiger charge is 2.27. The zero-order chi connectivity index (χ0) is 12.3. The Morgan fingerprint density at radius 2 is 2.00 bits per heavy atom. The molecule has 16 heavy (non-hydrogen) atoms. The Morgan fingerprint density at radius 3 is 2.50 bits per heavy atom. The maximum Gasteiger partial charge on any atom is 0.389 e. The van der Waals surface area contributed by atoms with Gasteiger partial charge in [-0.3, -0.25) is 0 Å². The quantitative estimate of drug-likeness (QED) is 0.832. The number of aromatic nitrogens is 2. The molecule has 6 heteroatoms. The number of hydrogen-bond acceptors (Lipinski definition) is 2. The first-order chi connectivity index (χ1) is 7.33. The molecule has 0 unspecified atom stereocenters. The Balaban J connectivity index is 2.91. The molecule has 0 amide bonds. The second-order valence-electron chi connectivity index (χ2n) is 3.56. The molecular formula is C10H13F3N2S. The average molecular weight is 250 g/mol. The Kier molecular flexibility index (Phi) is 4.07. The highest BCUT2D eigenvalue weighted by atomic mass is 32.1. The molecule has 1 aromatic rings. The van der Waals surface area contributed by atoms with Gasteiger partial charge in [0.1, 0.15) is 10.5 Å². The van der Waals surface area contributed by atoms with E-state index in [9.17, 15) is 13.2 Å². The van der Waals surface area contributed by atoms with Gasteiger partial charge < -0.3 is 4.98 Å². The van der Waals surface area contributed by atoms with Crippen LogP contribution >= 0.6 is 12.2 Å². The van der Waals surface area contributed by atoms with Gasteiger partial charge in [0.2, 0.25) is 0 Å². The van der Waals surface area contributed by atoms with Gasteiger partial charge in [0.05, 0.1) is 6.42 Å². The van der Waals surface area contributed by atoms with Gasteiger partial charge in [-0.15, -0.1) is 0 Å². The van der Waals surface area contributed by atoms with Gasteiger partial charge in [-0.1, -0.05) is 19.1 Å². The molecule has 0 aromatic carbocycles. The molecule has 0 fully saturated rings. The topological polar surface area (TPSA) is 28.7 Å². The second-order valence-corrected chi connectivity index (χ2v) is 3.95. The maximum atomic E-state index is 12.0. The van der Waals surface area contributed by atoms with Crippen molar-refractivity contribution in [1.29, 1.82) is 0 Å². The first kappa shape index (κ1) is 13.2. The number of halogens is 3. The fraction of sp³-hybridized carbons (Fsp3) is 0.600. The minimum absolute atomic E-state index is 0.152. The highest BCUT2D eigenvalue weighted by Crippen LogP contribution is 2.21. The van der Waals surface area contributed by atoms with Crippen LogP contribution in [0.15, 0.2) is 0 Å². The minimum Gasteiger partial charge on any atom is -0.347 e. The summed E-state index contributed by atoms with van der Waals surface area (Å²) < 4.78 is 36.5. The van der Waals surface area contributed by atoms with E-state index in [0.717, 1.165) is 11.3 Å². The number of aryl methyl sites for hydroxylation is 2. The van der Waals surface area contributed by atoms with Gasteiger partial charge in [0.15, 0.2) is 0 Å². The molecule has 2 nitrogen and oxygen atoms in total. The molecule has 0 saturated heterocycles. The Bertz CT molecular complexity index is 423. The monoisotopic (exact) mass is 250 g/mol. The second kappa shape index (κ2) is 4.95. The first-order valence-corrected chi connectivity index (χ1v) is 5.39. The number of hydrogen-bond donors (Lipinski definition) is 1. The van der Waals surface area contributed by atoms with E-state index in [2.05, 4.69) is 9.97 Å². The maximum absolute atomic E-state index is 12.0. The fourth-order valence-corrected chi connectivity index (χ4v) is 1.60. The van der Waals surface area contributed by atoms with Crippen molar-refractivity contribution in [3.8, 4) is 0 Å². The lowest BCUT2D eigenvalue weighted by molar-refractivity contribution is -0.134. The van der Waals surface area contributed by atoms with E-state index in [4.69, 9.17) is 12.2 Å². The highest BCUT2D eigenvalue weighted by molar-refractivity contribution is 7.71. The standard InChI is InChI=1S/C10H13F3N2S/c1-3-7-6(2)9(16)15-8(14-7)4-5-10(11,12)13/h3-5H2,1-2H3,(H,14,15,16). The number of H-pyrrole nitrogens is 1. The van der Waals surface area contributed by atoms with E-state index in [-0.39, 0.29) is 6.42 Å². The molecule has 0 saturated carbocycles. The lowest BCUT2D eigenvalue weighted by Gasteiger charge is -2.09. The van der Waals surface area contributed by atoms with E-state index in [0.29, 0.717) is 16.9 Å². The van der Waals surface area contributed by atoms with Crippen molar-refractivity contribution in [1.82, 2.24) is 9.97 Å². The molecule has 0 atom stereocenters. The number of nitrogens with one attached hydrogen (secondary N) is 1. The van der Waals surface area contributed by atoms with Gasteiger partial charge >= 0.3 is 6.18 Å². The Morgan fingerprint density at radius 1 is 1.38 bits per heavy atom. The third-order valence-corrected chi connectivity index (χ3v) is 2.70. The molecule has 0 aliphatic carbocycles. The summed E-state index contributed by atoms with van der Waals surface area (Å²) in [5.74, 6) is 0.310. The number of aromatic amines is 1. The fourth-order valence-electron chi connectivity index (χ4n) is 1.36. The van der Waals surface area contributed by atoms with Crippen LogP contribution in [0.3, 0.4) is 0 Å². The summed E-state index contributed by atoms with van der Waals surface area (Å²) in [5.41, 5.74) is 1.70. The SMILES string of the molecule is CCc1[nH]c(CCC(F)(F)F)nc(=S)c1C. The van der Waals surface area contributed by atoms with Crippen molar-refractivity contribution in [3.63, 3.8) is 0 Å². The van der Waals surface area contributed by atoms with E-state index in [1.165, 1.54) is 0 Å². The Labute approximate surface area is 96.9 Å². The molecular weight excluding hydrogens is 237 g/mol. The van der Waals surface area contributed by atoms with Gasteiger partial charge in [0.25, 0.3) is 0 Å². The van der Waals surface area contributed by atoms with Crippen LogP contribution in [0.5, 0.6) is 0 Å².